The molecule has 1 aliphatic carbocycles. The molecule has 0 radical (unpaired) electrons. The van der Waals surface area contributed by atoms with Gasteiger partial charge in [-0.3, -0.25) is 4.79 Å². The molecule has 1 aromatic rings. The maximum Gasteiger partial charge on any atom is 0.141 e. The highest BCUT2D eigenvalue weighted by Crippen LogP contribution is 2.41. The van der Waals surface area contributed by atoms with Crippen LogP contribution in [0.2, 0.25) is 0 Å². The minimum atomic E-state index is -0.0756. The van der Waals surface area contributed by atoms with Crippen LogP contribution in [0.4, 0.5) is 0 Å². The predicted molar refractivity (Wildman–Crippen MR) is 75.5 cm³/mol. The number of carbonyl (C=O) groups excluding carboxylic acids is 1. The Balaban J connectivity index is 2.22. The predicted octanol–water partition coefficient (Wildman–Crippen LogP) is 4.40. The summed E-state index contributed by atoms with van der Waals surface area (Å²) >= 11 is 0. The number of benzene rings is 1. The van der Waals surface area contributed by atoms with Gasteiger partial charge in [-0.25, -0.2) is 0 Å². The van der Waals surface area contributed by atoms with Gasteiger partial charge in [0.2, 0.25) is 0 Å². The second kappa shape index (κ2) is 5.69. The monoisotopic (exact) mass is 244 g/mol. The third-order valence-electron chi connectivity index (χ3n) is 4.24. The molecule has 2 rings (SSSR count). The Hall–Kier alpha value is -1.11. The first-order valence-electron chi connectivity index (χ1n) is 7.22. The smallest absolute Gasteiger partial charge is 0.141 e. The molecule has 0 bridgehead atoms. The quantitative estimate of drug-likeness (QED) is 0.767. The van der Waals surface area contributed by atoms with E-state index in [1.54, 1.807) is 0 Å². The van der Waals surface area contributed by atoms with E-state index in [0.717, 1.165) is 19.3 Å². The van der Waals surface area contributed by atoms with Crippen LogP contribution in [0.15, 0.2) is 30.3 Å². The summed E-state index contributed by atoms with van der Waals surface area (Å²) in [6.45, 7) is 4.09. The average Bonchev–Trinajstić information content (AvgIpc) is 2.40. The SMILES string of the molecule is CC(C)C(=O)C1(Cc2ccccc2)CCCCC1. The molecule has 0 amide bonds. The van der Waals surface area contributed by atoms with E-state index in [-0.39, 0.29) is 11.3 Å². The Kier molecular flexibility index (Phi) is 4.21. The number of rotatable bonds is 4. The molecular formula is C17H24O. The average molecular weight is 244 g/mol. The Morgan fingerprint density at radius 1 is 1.11 bits per heavy atom. The minimum absolute atomic E-state index is 0.0756. The first-order chi connectivity index (χ1) is 8.64. The molecular weight excluding hydrogens is 220 g/mol. The van der Waals surface area contributed by atoms with Gasteiger partial charge in [-0.05, 0) is 24.8 Å². The highest BCUT2D eigenvalue weighted by molar-refractivity contribution is 5.86. The molecule has 1 saturated carbocycles. The van der Waals surface area contributed by atoms with Crippen molar-refractivity contribution in [3.8, 4) is 0 Å². The van der Waals surface area contributed by atoms with Crippen molar-refractivity contribution in [2.45, 2.75) is 52.4 Å². The summed E-state index contributed by atoms with van der Waals surface area (Å²) in [5.41, 5.74) is 1.24. The number of hydrogen-bond donors (Lipinski definition) is 0. The molecule has 1 aliphatic rings. The van der Waals surface area contributed by atoms with Crippen molar-refractivity contribution >= 4 is 5.78 Å². The van der Waals surface area contributed by atoms with Gasteiger partial charge < -0.3 is 0 Å². The maximum absolute atomic E-state index is 12.6. The molecule has 0 atom stereocenters. The standard InChI is InChI=1S/C17H24O/c1-14(2)16(18)17(11-7-4-8-12-17)13-15-9-5-3-6-10-15/h3,5-6,9-10,14H,4,7-8,11-13H2,1-2H3. The van der Waals surface area contributed by atoms with Crippen LogP contribution in [0.5, 0.6) is 0 Å². The van der Waals surface area contributed by atoms with Crippen molar-refractivity contribution in [3.05, 3.63) is 35.9 Å². The largest absolute Gasteiger partial charge is 0.299 e. The molecule has 0 aliphatic heterocycles. The second-order valence-corrected chi connectivity index (χ2v) is 6.02. The molecule has 0 unspecified atom stereocenters. The van der Waals surface area contributed by atoms with Crippen LogP contribution in [0.25, 0.3) is 0 Å². The van der Waals surface area contributed by atoms with E-state index in [1.165, 1.54) is 24.8 Å². The lowest BCUT2D eigenvalue weighted by atomic mass is 9.65. The first kappa shape index (κ1) is 13.3. The van der Waals surface area contributed by atoms with Crippen LogP contribution in [0.3, 0.4) is 0 Å². The van der Waals surface area contributed by atoms with Crippen molar-refractivity contribution in [2.75, 3.05) is 0 Å². The van der Waals surface area contributed by atoms with Crippen LogP contribution >= 0.6 is 0 Å². The summed E-state index contributed by atoms with van der Waals surface area (Å²) in [4.78, 5) is 12.6. The highest BCUT2D eigenvalue weighted by atomic mass is 16.1. The van der Waals surface area contributed by atoms with Gasteiger partial charge in [-0.1, -0.05) is 63.4 Å². The summed E-state index contributed by atoms with van der Waals surface area (Å²) < 4.78 is 0. The van der Waals surface area contributed by atoms with Crippen LogP contribution in [-0.2, 0) is 11.2 Å². The van der Waals surface area contributed by atoms with Crippen molar-refractivity contribution < 1.29 is 4.79 Å². The molecule has 1 nitrogen and oxygen atoms in total. The lowest BCUT2D eigenvalue weighted by molar-refractivity contribution is -0.133. The summed E-state index contributed by atoms with van der Waals surface area (Å²) in [7, 11) is 0. The van der Waals surface area contributed by atoms with E-state index in [2.05, 4.69) is 24.3 Å². The van der Waals surface area contributed by atoms with Crippen LogP contribution in [-0.4, -0.2) is 5.78 Å². The van der Waals surface area contributed by atoms with Gasteiger partial charge in [-0.2, -0.15) is 0 Å². The molecule has 0 spiro atoms. The molecule has 0 saturated heterocycles. The topological polar surface area (TPSA) is 17.1 Å². The van der Waals surface area contributed by atoms with Gasteiger partial charge >= 0.3 is 0 Å². The number of carbonyl (C=O) groups is 1. The maximum atomic E-state index is 12.6. The van der Waals surface area contributed by atoms with E-state index in [9.17, 15) is 4.79 Å². The summed E-state index contributed by atoms with van der Waals surface area (Å²) in [5, 5.41) is 0. The van der Waals surface area contributed by atoms with Crippen molar-refractivity contribution in [1.29, 1.82) is 0 Å². The second-order valence-electron chi connectivity index (χ2n) is 6.02. The fourth-order valence-corrected chi connectivity index (χ4v) is 3.34. The molecule has 18 heavy (non-hydrogen) atoms. The molecule has 1 fully saturated rings. The Morgan fingerprint density at radius 3 is 2.28 bits per heavy atom. The molecule has 0 aromatic heterocycles. The van der Waals surface area contributed by atoms with Gasteiger partial charge in [0.05, 0.1) is 0 Å². The summed E-state index contributed by atoms with van der Waals surface area (Å²) in [6, 6.07) is 10.5. The summed E-state index contributed by atoms with van der Waals surface area (Å²) in [6.07, 6.45) is 6.82. The molecule has 1 aromatic carbocycles. The van der Waals surface area contributed by atoms with E-state index < -0.39 is 0 Å². The third-order valence-corrected chi connectivity index (χ3v) is 4.24. The lowest BCUT2D eigenvalue weighted by Crippen LogP contribution is -2.38. The van der Waals surface area contributed by atoms with Crippen LogP contribution in [0, 0.1) is 11.3 Å². The van der Waals surface area contributed by atoms with Crippen LogP contribution < -0.4 is 0 Å². The van der Waals surface area contributed by atoms with Gasteiger partial charge in [-0.15, -0.1) is 0 Å². The molecule has 98 valence electrons. The Bertz CT molecular complexity index is 385. The lowest BCUT2D eigenvalue weighted by Gasteiger charge is -2.37. The zero-order chi connectivity index (χ0) is 13.0. The Morgan fingerprint density at radius 2 is 1.72 bits per heavy atom. The molecule has 0 heterocycles. The number of Topliss-reactive ketones (excluding diaryl/α,β-unsaturated/α-hetero) is 1. The van der Waals surface area contributed by atoms with E-state index >= 15 is 0 Å². The highest BCUT2D eigenvalue weighted by Gasteiger charge is 2.39. The fourth-order valence-electron chi connectivity index (χ4n) is 3.34. The zero-order valence-corrected chi connectivity index (χ0v) is 11.6. The molecule has 0 N–H and O–H groups in total. The number of ketones is 1. The van der Waals surface area contributed by atoms with Gasteiger partial charge in [0.1, 0.15) is 5.78 Å². The van der Waals surface area contributed by atoms with Crippen molar-refractivity contribution in [1.82, 2.24) is 0 Å². The Labute approximate surface area is 111 Å². The summed E-state index contributed by atoms with van der Waals surface area (Å²) in [5.74, 6) is 0.637. The normalized spacial score (nSPS) is 18.8. The zero-order valence-electron chi connectivity index (χ0n) is 11.6. The van der Waals surface area contributed by atoms with E-state index in [4.69, 9.17) is 0 Å². The van der Waals surface area contributed by atoms with Gasteiger partial charge in [0, 0.05) is 11.3 Å². The van der Waals surface area contributed by atoms with Crippen molar-refractivity contribution in [2.24, 2.45) is 11.3 Å². The first-order valence-corrected chi connectivity index (χ1v) is 7.22. The number of hydrogen-bond acceptors (Lipinski definition) is 1. The van der Waals surface area contributed by atoms with Crippen LogP contribution in [0.1, 0.15) is 51.5 Å². The van der Waals surface area contributed by atoms with Gasteiger partial charge in [0.25, 0.3) is 0 Å². The van der Waals surface area contributed by atoms with Crippen molar-refractivity contribution in [3.63, 3.8) is 0 Å². The fraction of sp³-hybridized carbons (Fsp3) is 0.588. The van der Waals surface area contributed by atoms with Gasteiger partial charge in [0.15, 0.2) is 0 Å². The molecule has 1 heteroatoms. The van der Waals surface area contributed by atoms with E-state index in [0.29, 0.717) is 5.78 Å². The minimum Gasteiger partial charge on any atom is -0.299 e. The third kappa shape index (κ3) is 2.82. The van der Waals surface area contributed by atoms with E-state index in [1.807, 2.05) is 19.9 Å².